The van der Waals surface area contributed by atoms with Crippen molar-refractivity contribution in [2.75, 3.05) is 0 Å². The third-order valence-corrected chi connectivity index (χ3v) is 5.32. The van der Waals surface area contributed by atoms with Gasteiger partial charge in [0.2, 0.25) is 0 Å². The summed E-state index contributed by atoms with van der Waals surface area (Å²) in [6.45, 7) is 3.33. The Hall–Kier alpha value is -4.07. The van der Waals surface area contributed by atoms with Crippen molar-refractivity contribution >= 4 is 33.7 Å². The Balaban J connectivity index is 1.47. The van der Waals surface area contributed by atoms with Gasteiger partial charge in [-0.15, -0.1) is 0 Å². The number of rotatable bonds is 7. The van der Waals surface area contributed by atoms with Gasteiger partial charge in [0.15, 0.2) is 6.10 Å². The fourth-order valence-corrected chi connectivity index (χ4v) is 3.65. The van der Waals surface area contributed by atoms with Gasteiger partial charge in [0.25, 0.3) is 5.91 Å². The molecule has 0 saturated heterocycles. The average Bonchev–Trinajstić information content (AvgIpc) is 3.15. The van der Waals surface area contributed by atoms with E-state index < -0.39 is 29.6 Å². The number of H-pyrrole nitrogens is 1. The molecule has 4 rings (SSSR count). The van der Waals surface area contributed by atoms with E-state index in [1.807, 2.05) is 24.3 Å². The second kappa shape index (κ2) is 8.58. The Morgan fingerprint density at radius 1 is 1.16 bits per heavy atom. The van der Waals surface area contributed by atoms with Crippen molar-refractivity contribution in [1.82, 2.24) is 10.3 Å². The number of carbonyl (C=O) groups excluding carboxylic acids is 1. The van der Waals surface area contributed by atoms with E-state index in [0.717, 1.165) is 27.4 Å². The number of benzene rings is 2. The minimum atomic E-state index is -1.14. The van der Waals surface area contributed by atoms with Crippen LogP contribution in [0.2, 0.25) is 0 Å². The van der Waals surface area contributed by atoms with Crippen molar-refractivity contribution in [3.8, 4) is 5.75 Å². The van der Waals surface area contributed by atoms with Crippen molar-refractivity contribution in [3.63, 3.8) is 0 Å². The van der Waals surface area contributed by atoms with Crippen LogP contribution in [0.4, 0.5) is 0 Å². The van der Waals surface area contributed by atoms with Crippen LogP contribution < -0.4 is 15.7 Å². The number of carbonyl (C=O) groups is 2. The molecule has 4 aromatic rings. The largest absolute Gasteiger partial charge is 0.481 e. The highest BCUT2D eigenvalue weighted by Crippen LogP contribution is 2.23. The molecule has 164 valence electrons. The van der Waals surface area contributed by atoms with Crippen LogP contribution in [0, 0.1) is 6.92 Å². The molecule has 0 radical (unpaired) electrons. The van der Waals surface area contributed by atoms with E-state index >= 15 is 0 Å². The molecular weight excluding hydrogens is 412 g/mol. The van der Waals surface area contributed by atoms with Crippen LogP contribution in [0.25, 0.3) is 21.9 Å². The molecular formula is C24H22N2O6. The van der Waals surface area contributed by atoms with Crippen molar-refractivity contribution in [3.05, 3.63) is 76.3 Å². The summed E-state index contributed by atoms with van der Waals surface area (Å²) in [5.41, 5.74) is 2.34. The number of aromatic amines is 1. The molecule has 8 heteroatoms. The molecule has 0 aliphatic heterocycles. The summed E-state index contributed by atoms with van der Waals surface area (Å²) in [7, 11) is 0. The van der Waals surface area contributed by atoms with Crippen LogP contribution >= 0.6 is 0 Å². The maximum absolute atomic E-state index is 12.6. The summed E-state index contributed by atoms with van der Waals surface area (Å²) in [4.78, 5) is 39.1. The van der Waals surface area contributed by atoms with Crippen LogP contribution in [0.1, 0.15) is 18.1 Å². The van der Waals surface area contributed by atoms with Crippen molar-refractivity contribution < 1.29 is 23.8 Å². The maximum atomic E-state index is 12.6. The molecule has 2 atom stereocenters. The number of para-hydroxylation sites is 1. The smallest absolute Gasteiger partial charge is 0.336 e. The van der Waals surface area contributed by atoms with E-state index in [0.29, 0.717) is 11.3 Å². The number of carboxylic acid groups (broad SMARTS) is 1. The third kappa shape index (κ3) is 4.34. The normalized spacial score (nSPS) is 13.1. The second-order valence-corrected chi connectivity index (χ2v) is 7.63. The lowest BCUT2D eigenvalue weighted by Crippen LogP contribution is -2.47. The predicted octanol–water partition coefficient (Wildman–Crippen LogP) is 3.16. The number of aryl methyl sites for hydroxylation is 1. The molecule has 0 spiro atoms. The van der Waals surface area contributed by atoms with Gasteiger partial charge in [-0.1, -0.05) is 18.2 Å². The topological polar surface area (TPSA) is 122 Å². The number of aliphatic carboxylic acids is 1. The number of aromatic nitrogens is 1. The number of amides is 1. The Kier molecular flexibility index (Phi) is 5.68. The Labute approximate surface area is 182 Å². The van der Waals surface area contributed by atoms with Crippen molar-refractivity contribution in [1.29, 1.82) is 0 Å². The molecule has 32 heavy (non-hydrogen) atoms. The molecule has 8 nitrogen and oxygen atoms in total. The lowest BCUT2D eigenvalue weighted by atomic mass is 10.0. The standard InChI is InChI=1S/C24H22N2O6/c1-13-9-22(27)32-21-11-16(7-8-17(13)21)31-14(2)23(28)26-20(24(29)30)10-15-12-25-19-6-4-3-5-18(15)19/h3-9,11-12,14,20,25H,10H2,1-2H3,(H,26,28)(H,29,30)/t14-,20-/m1/s1. The fraction of sp³-hybridized carbons (Fsp3) is 0.208. The van der Waals surface area contributed by atoms with Gasteiger partial charge in [0, 0.05) is 41.0 Å². The lowest BCUT2D eigenvalue weighted by Gasteiger charge is -2.19. The molecule has 3 N–H and O–H groups in total. The summed E-state index contributed by atoms with van der Waals surface area (Å²) < 4.78 is 10.9. The van der Waals surface area contributed by atoms with E-state index in [1.165, 1.54) is 19.1 Å². The Bertz CT molecular complexity index is 1370. The van der Waals surface area contributed by atoms with Crippen molar-refractivity contribution in [2.45, 2.75) is 32.4 Å². The summed E-state index contributed by atoms with van der Waals surface area (Å²) >= 11 is 0. The Morgan fingerprint density at radius 3 is 2.72 bits per heavy atom. The van der Waals surface area contributed by atoms with Gasteiger partial charge in [-0.3, -0.25) is 4.79 Å². The first-order chi connectivity index (χ1) is 15.3. The fourth-order valence-electron chi connectivity index (χ4n) is 3.65. The molecule has 0 fully saturated rings. The first-order valence-corrected chi connectivity index (χ1v) is 10.1. The predicted molar refractivity (Wildman–Crippen MR) is 119 cm³/mol. The summed E-state index contributed by atoms with van der Waals surface area (Å²) in [6, 6.07) is 12.8. The van der Waals surface area contributed by atoms with Gasteiger partial charge >= 0.3 is 11.6 Å². The number of hydrogen-bond acceptors (Lipinski definition) is 5. The summed E-state index contributed by atoms with van der Waals surface area (Å²) in [5.74, 6) is -1.38. The minimum absolute atomic E-state index is 0.123. The number of nitrogens with one attached hydrogen (secondary N) is 2. The zero-order valence-corrected chi connectivity index (χ0v) is 17.5. The quantitative estimate of drug-likeness (QED) is 0.384. The van der Waals surface area contributed by atoms with E-state index in [4.69, 9.17) is 9.15 Å². The second-order valence-electron chi connectivity index (χ2n) is 7.63. The zero-order chi connectivity index (χ0) is 22.8. The van der Waals surface area contributed by atoms with Gasteiger partial charge in [0.1, 0.15) is 17.4 Å². The van der Waals surface area contributed by atoms with Gasteiger partial charge in [-0.25, -0.2) is 9.59 Å². The molecule has 0 unspecified atom stereocenters. The molecule has 2 heterocycles. The maximum Gasteiger partial charge on any atom is 0.336 e. The number of carboxylic acids is 1. The average molecular weight is 434 g/mol. The highest BCUT2D eigenvalue weighted by Gasteiger charge is 2.25. The molecule has 2 aromatic carbocycles. The van der Waals surface area contributed by atoms with Crippen LogP contribution in [-0.2, 0) is 16.0 Å². The summed E-state index contributed by atoms with van der Waals surface area (Å²) in [5, 5.41) is 13.8. The molecule has 2 aromatic heterocycles. The first kappa shape index (κ1) is 21.2. The number of hydrogen-bond donors (Lipinski definition) is 3. The van der Waals surface area contributed by atoms with Gasteiger partial charge in [-0.05, 0) is 43.2 Å². The number of fused-ring (bicyclic) bond motifs is 2. The van der Waals surface area contributed by atoms with Crippen molar-refractivity contribution in [2.24, 2.45) is 0 Å². The molecule has 0 aliphatic carbocycles. The SMILES string of the molecule is Cc1cc(=O)oc2cc(O[C@H](C)C(=O)N[C@H](Cc3c[nH]c4ccccc34)C(=O)O)ccc12. The van der Waals surface area contributed by atoms with Gasteiger partial charge in [-0.2, -0.15) is 0 Å². The van der Waals surface area contributed by atoms with E-state index in [1.54, 1.807) is 25.3 Å². The van der Waals surface area contributed by atoms with Gasteiger partial charge in [0.05, 0.1) is 0 Å². The summed E-state index contributed by atoms with van der Waals surface area (Å²) in [6.07, 6.45) is 0.907. The third-order valence-electron chi connectivity index (χ3n) is 5.32. The highest BCUT2D eigenvalue weighted by atomic mass is 16.5. The van der Waals surface area contributed by atoms with Crippen LogP contribution in [0.3, 0.4) is 0 Å². The molecule has 0 bridgehead atoms. The highest BCUT2D eigenvalue weighted by molar-refractivity contribution is 5.88. The van der Waals surface area contributed by atoms with E-state index in [2.05, 4.69) is 10.3 Å². The monoisotopic (exact) mass is 434 g/mol. The van der Waals surface area contributed by atoms with Crippen LogP contribution in [0.5, 0.6) is 5.75 Å². The van der Waals surface area contributed by atoms with E-state index in [-0.39, 0.29) is 6.42 Å². The molecule has 1 amide bonds. The number of ether oxygens (including phenoxy) is 1. The first-order valence-electron chi connectivity index (χ1n) is 10.1. The zero-order valence-electron chi connectivity index (χ0n) is 17.5. The van der Waals surface area contributed by atoms with Crippen LogP contribution in [-0.4, -0.2) is 34.1 Å². The van der Waals surface area contributed by atoms with Crippen LogP contribution in [0.15, 0.2) is 63.9 Å². The lowest BCUT2D eigenvalue weighted by molar-refractivity contribution is -0.142. The molecule has 0 saturated carbocycles. The minimum Gasteiger partial charge on any atom is -0.481 e. The Morgan fingerprint density at radius 2 is 1.94 bits per heavy atom. The van der Waals surface area contributed by atoms with E-state index in [9.17, 15) is 19.5 Å². The van der Waals surface area contributed by atoms with Gasteiger partial charge < -0.3 is 24.6 Å². The molecule has 0 aliphatic rings.